The van der Waals surface area contributed by atoms with Crippen molar-refractivity contribution in [2.75, 3.05) is 17.7 Å². The highest BCUT2D eigenvalue weighted by molar-refractivity contribution is 5.61. The Morgan fingerprint density at radius 1 is 1.06 bits per heavy atom. The highest BCUT2D eigenvalue weighted by Crippen LogP contribution is 2.20. The van der Waals surface area contributed by atoms with Crippen LogP contribution >= 0.6 is 0 Å². The van der Waals surface area contributed by atoms with Gasteiger partial charge in [0.1, 0.15) is 5.82 Å². The van der Waals surface area contributed by atoms with Crippen LogP contribution in [0.3, 0.4) is 0 Å². The molecule has 0 spiro atoms. The van der Waals surface area contributed by atoms with Crippen LogP contribution in [-0.2, 0) is 0 Å². The van der Waals surface area contributed by atoms with Crippen molar-refractivity contribution in [2.24, 2.45) is 0 Å². The van der Waals surface area contributed by atoms with E-state index in [1.807, 2.05) is 7.05 Å². The molecule has 0 saturated carbocycles. The third-order valence-corrected chi connectivity index (χ3v) is 2.55. The average Bonchev–Trinajstić information content (AvgIpc) is 2.34. The van der Waals surface area contributed by atoms with Crippen molar-refractivity contribution in [3.8, 4) is 0 Å². The van der Waals surface area contributed by atoms with Crippen LogP contribution in [0, 0.1) is 13.8 Å². The van der Waals surface area contributed by atoms with Crippen LogP contribution in [0.15, 0.2) is 30.6 Å². The van der Waals surface area contributed by atoms with Gasteiger partial charge in [0.25, 0.3) is 0 Å². The summed E-state index contributed by atoms with van der Waals surface area (Å²) in [7, 11) is 1.83. The highest BCUT2D eigenvalue weighted by atomic mass is 15.1. The zero-order valence-corrected chi connectivity index (χ0v) is 10.3. The summed E-state index contributed by atoms with van der Waals surface area (Å²) in [6.45, 7) is 4.14. The maximum Gasteiger partial charge on any atom is 0.151 e. The quantitative estimate of drug-likeness (QED) is 0.848. The van der Waals surface area contributed by atoms with E-state index in [1.54, 1.807) is 12.4 Å². The van der Waals surface area contributed by atoms with Gasteiger partial charge in [0, 0.05) is 12.7 Å². The molecule has 0 aliphatic rings. The third-order valence-electron chi connectivity index (χ3n) is 2.55. The van der Waals surface area contributed by atoms with Crippen LogP contribution in [0.2, 0.25) is 0 Å². The van der Waals surface area contributed by atoms with Crippen molar-refractivity contribution in [3.05, 3.63) is 41.7 Å². The second-order valence-corrected chi connectivity index (χ2v) is 3.98. The summed E-state index contributed by atoms with van der Waals surface area (Å²) in [5.74, 6) is 1.49. The van der Waals surface area contributed by atoms with Gasteiger partial charge in [-0.25, -0.2) is 4.98 Å². The predicted octanol–water partition coefficient (Wildman–Crippen LogP) is 2.88. The standard InChI is InChI=1S/C13H16N4/c1-9-4-5-10(2)11(6-9)16-13-8-15-7-12(14-3)17-13/h4-8H,1-3H3,(H2,14,16,17). The molecule has 1 heterocycles. The molecule has 2 aromatic rings. The molecule has 1 aromatic carbocycles. The summed E-state index contributed by atoms with van der Waals surface area (Å²) in [4.78, 5) is 8.49. The largest absolute Gasteiger partial charge is 0.372 e. The Morgan fingerprint density at radius 3 is 2.59 bits per heavy atom. The molecule has 17 heavy (non-hydrogen) atoms. The first-order chi connectivity index (χ1) is 8.19. The van der Waals surface area contributed by atoms with Gasteiger partial charge in [0.2, 0.25) is 0 Å². The van der Waals surface area contributed by atoms with Crippen molar-refractivity contribution < 1.29 is 0 Å². The molecule has 88 valence electrons. The fraction of sp³-hybridized carbons (Fsp3) is 0.231. The normalized spacial score (nSPS) is 10.1. The molecule has 1 aromatic heterocycles. The van der Waals surface area contributed by atoms with E-state index in [0.717, 1.165) is 17.3 Å². The fourth-order valence-electron chi connectivity index (χ4n) is 1.56. The molecule has 0 saturated heterocycles. The van der Waals surface area contributed by atoms with Crippen LogP contribution in [0.4, 0.5) is 17.3 Å². The minimum atomic E-state index is 0.741. The first-order valence-corrected chi connectivity index (χ1v) is 5.53. The Morgan fingerprint density at radius 2 is 1.82 bits per heavy atom. The second kappa shape index (κ2) is 4.82. The molecular weight excluding hydrogens is 212 g/mol. The molecule has 0 fully saturated rings. The molecule has 0 aliphatic carbocycles. The highest BCUT2D eigenvalue weighted by Gasteiger charge is 2.01. The van der Waals surface area contributed by atoms with Crippen molar-refractivity contribution in [3.63, 3.8) is 0 Å². The van der Waals surface area contributed by atoms with Gasteiger partial charge in [0.15, 0.2) is 5.82 Å². The number of aromatic nitrogens is 2. The molecule has 0 amide bonds. The van der Waals surface area contributed by atoms with E-state index in [0.29, 0.717) is 0 Å². The SMILES string of the molecule is CNc1cncc(Nc2cc(C)ccc2C)n1. The lowest BCUT2D eigenvalue weighted by molar-refractivity contribution is 1.18. The van der Waals surface area contributed by atoms with Crippen molar-refractivity contribution in [1.29, 1.82) is 0 Å². The molecular formula is C13H16N4. The van der Waals surface area contributed by atoms with Gasteiger partial charge < -0.3 is 10.6 Å². The van der Waals surface area contributed by atoms with Gasteiger partial charge in [-0.2, -0.15) is 0 Å². The van der Waals surface area contributed by atoms with E-state index in [9.17, 15) is 0 Å². The number of rotatable bonds is 3. The van der Waals surface area contributed by atoms with Gasteiger partial charge in [-0.05, 0) is 31.0 Å². The number of nitrogens with zero attached hydrogens (tertiary/aromatic N) is 2. The Balaban J connectivity index is 2.27. The van der Waals surface area contributed by atoms with Gasteiger partial charge >= 0.3 is 0 Å². The van der Waals surface area contributed by atoms with Gasteiger partial charge in [-0.15, -0.1) is 0 Å². The molecule has 0 aliphatic heterocycles. The lowest BCUT2D eigenvalue weighted by Gasteiger charge is -2.10. The molecule has 2 rings (SSSR count). The Kier molecular flexibility index (Phi) is 3.23. The van der Waals surface area contributed by atoms with Crippen LogP contribution in [0.5, 0.6) is 0 Å². The first kappa shape index (κ1) is 11.4. The average molecular weight is 228 g/mol. The zero-order chi connectivity index (χ0) is 12.3. The monoisotopic (exact) mass is 228 g/mol. The Labute approximate surface area is 101 Å². The number of hydrogen-bond donors (Lipinski definition) is 2. The van der Waals surface area contributed by atoms with E-state index in [2.05, 4.69) is 52.6 Å². The molecule has 0 atom stereocenters. The predicted molar refractivity (Wildman–Crippen MR) is 70.8 cm³/mol. The second-order valence-electron chi connectivity index (χ2n) is 3.98. The summed E-state index contributed by atoms with van der Waals surface area (Å²) in [5.41, 5.74) is 3.47. The lowest BCUT2D eigenvalue weighted by Crippen LogP contribution is -2.00. The first-order valence-electron chi connectivity index (χ1n) is 5.53. The maximum absolute atomic E-state index is 4.37. The molecule has 2 N–H and O–H groups in total. The third kappa shape index (κ3) is 2.72. The van der Waals surface area contributed by atoms with Crippen molar-refractivity contribution in [2.45, 2.75) is 13.8 Å². The Hall–Kier alpha value is -2.10. The van der Waals surface area contributed by atoms with E-state index < -0.39 is 0 Å². The summed E-state index contributed by atoms with van der Waals surface area (Å²) in [6.07, 6.45) is 3.40. The van der Waals surface area contributed by atoms with E-state index in [-0.39, 0.29) is 0 Å². The van der Waals surface area contributed by atoms with E-state index >= 15 is 0 Å². The molecule has 0 radical (unpaired) electrons. The Bertz CT molecular complexity index is 523. The number of benzene rings is 1. The minimum absolute atomic E-state index is 0.741. The van der Waals surface area contributed by atoms with Crippen LogP contribution in [0.1, 0.15) is 11.1 Å². The number of hydrogen-bond acceptors (Lipinski definition) is 4. The minimum Gasteiger partial charge on any atom is -0.372 e. The fourth-order valence-corrected chi connectivity index (χ4v) is 1.56. The summed E-state index contributed by atoms with van der Waals surface area (Å²) < 4.78 is 0. The lowest BCUT2D eigenvalue weighted by atomic mass is 10.1. The van der Waals surface area contributed by atoms with Gasteiger partial charge in [-0.1, -0.05) is 12.1 Å². The summed E-state index contributed by atoms with van der Waals surface area (Å²) in [6, 6.07) is 6.28. The van der Waals surface area contributed by atoms with Crippen molar-refractivity contribution >= 4 is 17.3 Å². The van der Waals surface area contributed by atoms with Crippen LogP contribution in [0.25, 0.3) is 0 Å². The van der Waals surface area contributed by atoms with E-state index in [1.165, 1.54) is 11.1 Å². The molecule has 4 nitrogen and oxygen atoms in total. The smallest absolute Gasteiger partial charge is 0.151 e. The zero-order valence-electron chi connectivity index (χ0n) is 10.3. The summed E-state index contributed by atoms with van der Waals surface area (Å²) in [5, 5.41) is 6.24. The van der Waals surface area contributed by atoms with E-state index in [4.69, 9.17) is 0 Å². The van der Waals surface area contributed by atoms with Crippen LogP contribution in [-0.4, -0.2) is 17.0 Å². The maximum atomic E-state index is 4.37. The van der Waals surface area contributed by atoms with Crippen LogP contribution < -0.4 is 10.6 Å². The van der Waals surface area contributed by atoms with Gasteiger partial charge in [0.05, 0.1) is 12.4 Å². The number of nitrogens with one attached hydrogen (secondary N) is 2. The number of aryl methyl sites for hydroxylation is 2. The summed E-state index contributed by atoms with van der Waals surface area (Å²) >= 11 is 0. The van der Waals surface area contributed by atoms with Gasteiger partial charge in [-0.3, -0.25) is 4.98 Å². The molecule has 0 bridgehead atoms. The number of anilines is 3. The van der Waals surface area contributed by atoms with Crippen molar-refractivity contribution in [1.82, 2.24) is 9.97 Å². The topological polar surface area (TPSA) is 49.8 Å². The molecule has 0 unspecified atom stereocenters. The molecule has 4 heteroatoms.